The van der Waals surface area contributed by atoms with E-state index < -0.39 is 17.6 Å². The summed E-state index contributed by atoms with van der Waals surface area (Å²) in [5.41, 5.74) is -0.140. The lowest BCUT2D eigenvalue weighted by Gasteiger charge is -2.31. The highest BCUT2D eigenvalue weighted by molar-refractivity contribution is 6.33. The monoisotopic (exact) mass is 526 g/mol. The second kappa shape index (κ2) is 9.97. The summed E-state index contributed by atoms with van der Waals surface area (Å²) >= 11 is 6.01. The summed E-state index contributed by atoms with van der Waals surface area (Å²) in [5, 5.41) is 9.92. The normalized spacial score (nSPS) is 14.4. The van der Waals surface area contributed by atoms with Crippen molar-refractivity contribution in [1.29, 1.82) is 0 Å². The highest BCUT2D eigenvalue weighted by atomic mass is 35.5. The summed E-state index contributed by atoms with van der Waals surface area (Å²) in [6.45, 7) is 4.24. The maximum absolute atomic E-state index is 13.5. The maximum Gasteiger partial charge on any atom is 0.416 e. The molecule has 1 amide bonds. The Morgan fingerprint density at radius 3 is 2.53 bits per heavy atom. The number of hydrogen-bond acceptors (Lipinski definition) is 7. The van der Waals surface area contributed by atoms with Gasteiger partial charge in [-0.25, -0.2) is 0 Å². The number of halogens is 4. The van der Waals surface area contributed by atoms with Gasteiger partial charge in [0.05, 0.1) is 22.0 Å². The molecule has 1 fully saturated rings. The molecule has 2 N–H and O–H groups in total. The summed E-state index contributed by atoms with van der Waals surface area (Å²) in [7, 11) is 3.47. The van der Waals surface area contributed by atoms with E-state index in [1.54, 1.807) is 23.6 Å². The van der Waals surface area contributed by atoms with Crippen molar-refractivity contribution >= 4 is 40.6 Å². The van der Waals surface area contributed by atoms with Gasteiger partial charge in [0, 0.05) is 40.3 Å². The van der Waals surface area contributed by atoms with Crippen LogP contribution >= 0.6 is 11.6 Å². The minimum Gasteiger partial charge on any atom is -0.363 e. The fourth-order valence-electron chi connectivity index (χ4n) is 4.12. The molecule has 36 heavy (non-hydrogen) atoms. The SMILES string of the molecule is CCc1c(N2CCNCC2)c(=O)n2nc(N(C)C)nc2n1CC(=O)Nc1ccc(C(F)(F)F)cc1Cl. The molecule has 1 aliphatic rings. The van der Waals surface area contributed by atoms with Gasteiger partial charge >= 0.3 is 6.18 Å². The van der Waals surface area contributed by atoms with Crippen LogP contribution in [0, 0.1) is 0 Å². The van der Waals surface area contributed by atoms with E-state index in [1.165, 1.54) is 4.52 Å². The number of rotatable bonds is 6. The first-order valence-corrected chi connectivity index (χ1v) is 11.7. The average molecular weight is 527 g/mol. The van der Waals surface area contributed by atoms with Crippen molar-refractivity contribution in [3.63, 3.8) is 0 Å². The molecule has 1 aliphatic heterocycles. The quantitative estimate of drug-likeness (QED) is 0.508. The molecule has 0 spiro atoms. The molecule has 0 bridgehead atoms. The van der Waals surface area contributed by atoms with Crippen LogP contribution in [-0.2, 0) is 23.9 Å². The Balaban J connectivity index is 1.76. The Morgan fingerprint density at radius 2 is 1.94 bits per heavy atom. The Bertz CT molecular complexity index is 1350. The second-order valence-electron chi connectivity index (χ2n) is 8.54. The van der Waals surface area contributed by atoms with Gasteiger partial charge < -0.3 is 25.0 Å². The highest BCUT2D eigenvalue weighted by Crippen LogP contribution is 2.33. The maximum atomic E-state index is 13.5. The summed E-state index contributed by atoms with van der Waals surface area (Å²) in [6.07, 6.45) is -4.12. The average Bonchev–Trinajstić information content (AvgIpc) is 3.28. The molecule has 1 aromatic carbocycles. The Morgan fingerprint density at radius 1 is 1.25 bits per heavy atom. The molecule has 0 atom stereocenters. The van der Waals surface area contributed by atoms with Crippen LogP contribution < -0.4 is 26.0 Å². The summed E-state index contributed by atoms with van der Waals surface area (Å²) in [6, 6.07) is 2.72. The molecule has 1 saturated heterocycles. The van der Waals surface area contributed by atoms with Crippen LogP contribution in [0.15, 0.2) is 23.0 Å². The molecule has 4 rings (SSSR count). The lowest BCUT2D eigenvalue weighted by Crippen LogP contribution is -2.47. The zero-order valence-electron chi connectivity index (χ0n) is 20.0. The molecule has 194 valence electrons. The molecule has 14 heteroatoms. The van der Waals surface area contributed by atoms with Crippen molar-refractivity contribution in [2.45, 2.75) is 26.1 Å². The third-order valence-electron chi connectivity index (χ3n) is 5.85. The predicted octanol–water partition coefficient (Wildman–Crippen LogP) is 2.24. The summed E-state index contributed by atoms with van der Waals surface area (Å²) < 4.78 is 41.7. The van der Waals surface area contributed by atoms with Crippen LogP contribution in [0.2, 0.25) is 5.02 Å². The predicted molar refractivity (Wildman–Crippen MR) is 131 cm³/mol. The van der Waals surface area contributed by atoms with Gasteiger partial charge in [-0.1, -0.05) is 18.5 Å². The van der Waals surface area contributed by atoms with Gasteiger partial charge in [0.2, 0.25) is 17.6 Å². The Labute approximate surface area is 209 Å². The second-order valence-corrected chi connectivity index (χ2v) is 8.94. The molecule has 2 aromatic heterocycles. The molecule has 0 saturated carbocycles. The largest absolute Gasteiger partial charge is 0.416 e. The van der Waals surface area contributed by atoms with E-state index in [-0.39, 0.29) is 28.6 Å². The zero-order chi connectivity index (χ0) is 26.2. The minimum atomic E-state index is -4.55. The molecule has 0 aliphatic carbocycles. The van der Waals surface area contributed by atoms with Crippen molar-refractivity contribution < 1.29 is 18.0 Å². The highest BCUT2D eigenvalue weighted by Gasteiger charge is 2.31. The number of carbonyl (C=O) groups excluding carboxylic acids is 1. The number of nitrogens with zero attached hydrogens (tertiary/aromatic N) is 6. The molecule has 3 aromatic rings. The zero-order valence-corrected chi connectivity index (χ0v) is 20.7. The van der Waals surface area contributed by atoms with Crippen molar-refractivity contribution in [1.82, 2.24) is 24.5 Å². The lowest BCUT2D eigenvalue weighted by molar-refractivity contribution is -0.137. The number of nitrogens with one attached hydrogen (secondary N) is 2. The third-order valence-corrected chi connectivity index (χ3v) is 6.17. The van der Waals surface area contributed by atoms with E-state index in [0.717, 1.165) is 18.2 Å². The van der Waals surface area contributed by atoms with Gasteiger partial charge in [0.1, 0.15) is 12.2 Å². The first kappa shape index (κ1) is 25.8. The number of fused-ring (bicyclic) bond motifs is 1. The van der Waals surface area contributed by atoms with E-state index in [2.05, 4.69) is 20.7 Å². The fourth-order valence-corrected chi connectivity index (χ4v) is 4.35. The number of piperazine rings is 1. The van der Waals surface area contributed by atoms with E-state index in [9.17, 15) is 22.8 Å². The van der Waals surface area contributed by atoms with Gasteiger partial charge in [-0.05, 0) is 24.6 Å². The Kier molecular flexibility index (Phi) is 7.14. The van der Waals surface area contributed by atoms with Crippen molar-refractivity contribution in [2.75, 3.05) is 55.4 Å². The van der Waals surface area contributed by atoms with Gasteiger partial charge in [-0.2, -0.15) is 22.7 Å². The standard InChI is InChI=1S/C22H26ClF3N8O2/c1-4-16-18(32-9-7-27-8-10-32)19(36)34-21(29-20(30-34)31(2)3)33(16)12-17(35)28-15-6-5-13(11-14(15)23)22(24,25)26/h5-6,11,27H,4,7-10,12H2,1-3H3,(H,28,35). The molecule has 0 unspecified atom stereocenters. The number of benzene rings is 1. The summed E-state index contributed by atoms with van der Waals surface area (Å²) in [4.78, 5) is 34.6. The Hall–Kier alpha value is -3.32. The van der Waals surface area contributed by atoms with E-state index in [0.29, 0.717) is 49.9 Å². The minimum absolute atomic E-state index is 0.0440. The van der Waals surface area contributed by atoms with Crippen LogP contribution in [0.25, 0.3) is 5.78 Å². The third kappa shape index (κ3) is 4.98. The number of anilines is 3. The first-order valence-electron chi connectivity index (χ1n) is 11.3. The van der Waals surface area contributed by atoms with Gasteiger partial charge in [-0.3, -0.25) is 9.59 Å². The lowest BCUT2D eigenvalue weighted by atomic mass is 10.2. The molecule has 0 radical (unpaired) electrons. The van der Waals surface area contributed by atoms with Gasteiger partial charge in [0.15, 0.2) is 0 Å². The number of alkyl halides is 3. The first-order chi connectivity index (χ1) is 17.0. The van der Waals surface area contributed by atoms with Gasteiger partial charge in [0.25, 0.3) is 5.56 Å². The number of amides is 1. The van der Waals surface area contributed by atoms with Crippen LogP contribution in [0.4, 0.5) is 30.5 Å². The fraction of sp³-hybridized carbons (Fsp3) is 0.455. The van der Waals surface area contributed by atoms with E-state index in [4.69, 9.17) is 11.6 Å². The van der Waals surface area contributed by atoms with Crippen molar-refractivity contribution in [3.05, 3.63) is 44.8 Å². The van der Waals surface area contributed by atoms with Crippen LogP contribution in [0.3, 0.4) is 0 Å². The molecule has 3 heterocycles. The molecular formula is C22H26ClF3N8O2. The smallest absolute Gasteiger partial charge is 0.363 e. The van der Waals surface area contributed by atoms with E-state index >= 15 is 0 Å². The van der Waals surface area contributed by atoms with Crippen LogP contribution in [0.5, 0.6) is 0 Å². The van der Waals surface area contributed by atoms with Crippen molar-refractivity contribution in [3.8, 4) is 0 Å². The van der Waals surface area contributed by atoms with E-state index in [1.807, 2.05) is 11.8 Å². The number of carbonyl (C=O) groups is 1. The van der Waals surface area contributed by atoms with Crippen LogP contribution in [-0.4, -0.2) is 65.3 Å². The van der Waals surface area contributed by atoms with Gasteiger partial charge in [-0.15, -0.1) is 5.10 Å². The molecule has 10 nitrogen and oxygen atoms in total. The van der Waals surface area contributed by atoms with Crippen molar-refractivity contribution in [2.24, 2.45) is 0 Å². The number of hydrogen-bond donors (Lipinski definition) is 2. The topological polar surface area (TPSA) is 99.8 Å². The molecular weight excluding hydrogens is 501 g/mol. The van der Waals surface area contributed by atoms with Crippen LogP contribution in [0.1, 0.15) is 18.2 Å². The number of aromatic nitrogens is 4. The summed E-state index contributed by atoms with van der Waals surface area (Å²) in [5.74, 6) is -0.0581.